The Kier molecular flexibility index (Phi) is 5.06. The molecule has 110 valence electrons. The van der Waals surface area contributed by atoms with Crippen LogP contribution in [0.4, 0.5) is 0 Å². The minimum Gasteiger partial charge on any atom is -0.317 e. The monoisotopic (exact) mass is 289 g/mol. The Morgan fingerprint density at radius 2 is 1.95 bits per heavy atom. The fraction of sp³-hybridized carbons (Fsp3) is 0.667. The van der Waals surface area contributed by atoms with Crippen molar-refractivity contribution in [2.75, 3.05) is 18.8 Å². The van der Waals surface area contributed by atoms with E-state index in [2.05, 4.69) is 48.3 Å². The smallest absolute Gasteiger partial charge is 0.0107 e. The summed E-state index contributed by atoms with van der Waals surface area (Å²) in [6.07, 6.45) is 7.22. The van der Waals surface area contributed by atoms with Gasteiger partial charge in [0.25, 0.3) is 0 Å². The molecule has 3 atom stereocenters. The van der Waals surface area contributed by atoms with E-state index in [9.17, 15) is 0 Å². The lowest BCUT2D eigenvalue weighted by Crippen LogP contribution is -2.31. The van der Waals surface area contributed by atoms with Crippen LogP contribution in [0.25, 0.3) is 0 Å². The van der Waals surface area contributed by atoms with E-state index in [0.29, 0.717) is 0 Å². The minimum atomic E-state index is 0.809. The van der Waals surface area contributed by atoms with Crippen LogP contribution in [-0.4, -0.2) is 18.8 Å². The molecule has 0 amide bonds. The Bertz CT molecular complexity index is 431. The van der Waals surface area contributed by atoms with E-state index in [1.54, 1.807) is 5.56 Å². The third-order valence-corrected chi connectivity index (χ3v) is 6.36. The third-order valence-electron chi connectivity index (χ3n) is 5.11. The summed E-state index contributed by atoms with van der Waals surface area (Å²) in [6.45, 7) is 4.58. The molecule has 3 rings (SSSR count). The summed E-state index contributed by atoms with van der Waals surface area (Å²) in [5.41, 5.74) is 1.63. The molecule has 0 bridgehead atoms. The minimum absolute atomic E-state index is 0.809. The first kappa shape index (κ1) is 14.5. The molecule has 3 unspecified atom stereocenters. The second-order valence-corrected chi connectivity index (χ2v) is 7.46. The molecule has 1 nitrogen and oxygen atoms in total. The van der Waals surface area contributed by atoms with E-state index in [0.717, 1.165) is 24.3 Å². The first-order valence-corrected chi connectivity index (χ1v) is 9.29. The van der Waals surface area contributed by atoms with Crippen molar-refractivity contribution in [1.82, 2.24) is 5.32 Å². The fourth-order valence-corrected chi connectivity index (χ4v) is 5.26. The molecular weight excluding hydrogens is 262 g/mol. The van der Waals surface area contributed by atoms with E-state index >= 15 is 0 Å². The molecule has 1 N–H and O–H groups in total. The summed E-state index contributed by atoms with van der Waals surface area (Å²) >= 11 is 2.07. The largest absolute Gasteiger partial charge is 0.317 e. The van der Waals surface area contributed by atoms with Crippen molar-refractivity contribution in [2.45, 2.75) is 49.8 Å². The summed E-state index contributed by atoms with van der Waals surface area (Å²) in [4.78, 5) is 1.54. The van der Waals surface area contributed by atoms with Crippen molar-refractivity contribution in [1.29, 1.82) is 0 Å². The van der Waals surface area contributed by atoms with Crippen molar-refractivity contribution in [3.8, 4) is 0 Å². The van der Waals surface area contributed by atoms with Crippen LogP contribution in [-0.2, 0) is 0 Å². The van der Waals surface area contributed by atoms with E-state index in [1.807, 2.05) is 0 Å². The van der Waals surface area contributed by atoms with Crippen LogP contribution >= 0.6 is 11.8 Å². The predicted molar refractivity (Wildman–Crippen MR) is 88.5 cm³/mol. The zero-order chi connectivity index (χ0) is 13.8. The van der Waals surface area contributed by atoms with E-state index < -0.39 is 0 Å². The van der Waals surface area contributed by atoms with Crippen molar-refractivity contribution in [3.05, 3.63) is 29.8 Å². The third kappa shape index (κ3) is 3.23. The molecule has 1 aliphatic heterocycles. The van der Waals surface area contributed by atoms with Gasteiger partial charge in [-0.3, -0.25) is 0 Å². The molecule has 0 spiro atoms. The molecule has 1 heterocycles. The number of nitrogens with one attached hydrogen (secondary N) is 1. The van der Waals surface area contributed by atoms with E-state index in [-0.39, 0.29) is 0 Å². The predicted octanol–water partition coefficient (Wildman–Crippen LogP) is 4.68. The van der Waals surface area contributed by atoms with Gasteiger partial charge in [0.15, 0.2) is 0 Å². The first-order chi connectivity index (χ1) is 9.88. The number of fused-ring (bicyclic) bond motifs is 1. The second kappa shape index (κ2) is 7.00. The molecule has 1 aromatic carbocycles. The van der Waals surface area contributed by atoms with E-state index in [1.165, 1.54) is 49.3 Å². The van der Waals surface area contributed by atoms with Crippen LogP contribution in [0.3, 0.4) is 0 Å². The Morgan fingerprint density at radius 1 is 1.15 bits per heavy atom. The van der Waals surface area contributed by atoms with Crippen LogP contribution in [0.2, 0.25) is 0 Å². The molecule has 0 saturated heterocycles. The summed E-state index contributed by atoms with van der Waals surface area (Å²) in [5, 5.41) is 3.59. The Labute approximate surface area is 127 Å². The molecule has 20 heavy (non-hydrogen) atoms. The van der Waals surface area contributed by atoms with Gasteiger partial charge in [0, 0.05) is 10.6 Å². The number of thioether (sulfide) groups is 1. The topological polar surface area (TPSA) is 12.0 Å². The summed E-state index contributed by atoms with van der Waals surface area (Å²) in [6, 6.07) is 9.07. The van der Waals surface area contributed by atoms with Crippen LogP contribution in [0.5, 0.6) is 0 Å². The summed E-state index contributed by atoms with van der Waals surface area (Å²) < 4.78 is 0. The SMILES string of the molecule is CCNCC1CCCCC1CC1CSc2ccccc21. The van der Waals surface area contributed by atoms with E-state index in [4.69, 9.17) is 0 Å². The molecular formula is C18H27NS. The number of rotatable bonds is 5. The van der Waals surface area contributed by atoms with Gasteiger partial charge in [0.05, 0.1) is 0 Å². The maximum atomic E-state index is 3.59. The standard InChI is InChI=1S/C18H27NS/c1-2-19-12-15-8-4-3-7-14(15)11-16-13-20-18-10-6-5-9-17(16)18/h5-6,9-10,14-16,19H,2-4,7-8,11-13H2,1H3. The van der Waals surface area contributed by atoms with Gasteiger partial charge in [-0.15, -0.1) is 11.8 Å². The highest BCUT2D eigenvalue weighted by Gasteiger charge is 2.30. The molecule has 2 aliphatic rings. The van der Waals surface area contributed by atoms with Crippen LogP contribution in [0.1, 0.15) is 50.5 Å². The zero-order valence-electron chi connectivity index (χ0n) is 12.6. The first-order valence-electron chi connectivity index (χ1n) is 8.31. The van der Waals surface area contributed by atoms with Gasteiger partial charge < -0.3 is 5.32 Å². The van der Waals surface area contributed by atoms with Gasteiger partial charge in [0.1, 0.15) is 0 Å². The van der Waals surface area contributed by atoms with Crippen molar-refractivity contribution in [2.24, 2.45) is 11.8 Å². The van der Waals surface area contributed by atoms with Crippen LogP contribution in [0, 0.1) is 11.8 Å². The zero-order valence-corrected chi connectivity index (χ0v) is 13.4. The van der Waals surface area contributed by atoms with Gasteiger partial charge in [-0.2, -0.15) is 0 Å². The lowest BCUT2D eigenvalue weighted by molar-refractivity contribution is 0.210. The molecule has 0 aromatic heterocycles. The molecule has 1 aliphatic carbocycles. The maximum Gasteiger partial charge on any atom is 0.0107 e. The molecule has 1 aromatic rings. The van der Waals surface area contributed by atoms with Crippen molar-refractivity contribution < 1.29 is 0 Å². The average molecular weight is 289 g/mol. The number of benzene rings is 1. The number of hydrogen-bond acceptors (Lipinski definition) is 2. The lowest BCUT2D eigenvalue weighted by Gasteiger charge is -2.33. The molecule has 1 saturated carbocycles. The highest BCUT2D eigenvalue weighted by molar-refractivity contribution is 7.99. The van der Waals surface area contributed by atoms with Crippen molar-refractivity contribution in [3.63, 3.8) is 0 Å². The second-order valence-electron chi connectivity index (χ2n) is 6.39. The molecule has 1 fully saturated rings. The maximum absolute atomic E-state index is 3.59. The Morgan fingerprint density at radius 3 is 2.80 bits per heavy atom. The van der Waals surface area contributed by atoms with Gasteiger partial charge in [-0.1, -0.05) is 44.4 Å². The van der Waals surface area contributed by atoms with Gasteiger partial charge in [-0.25, -0.2) is 0 Å². The quantitative estimate of drug-likeness (QED) is 0.844. The number of hydrogen-bond donors (Lipinski definition) is 1. The molecule has 0 radical (unpaired) electrons. The summed E-state index contributed by atoms with van der Waals surface area (Å²) in [7, 11) is 0. The van der Waals surface area contributed by atoms with Gasteiger partial charge >= 0.3 is 0 Å². The lowest BCUT2D eigenvalue weighted by atomic mass is 9.74. The highest BCUT2D eigenvalue weighted by atomic mass is 32.2. The Balaban J connectivity index is 1.64. The average Bonchev–Trinajstić information content (AvgIpc) is 2.90. The van der Waals surface area contributed by atoms with Crippen molar-refractivity contribution >= 4 is 11.8 Å². The van der Waals surface area contributed by atoms with Crippen LogP contribution in [0.15, 0.2) is 29.2 Å². The normalized spacial score (nSPS) is 29.4. The van der Waals surface area contributed by atoms with Gasteiger partial charge in [0.2, 0.25) is 0 Å². The molecule has 2 heteroatoms. The fourth-order valence-electron chi connectivity index (χ4n) is 3.98. The Hall–Kier alpha value is -0.470. The highest BCUT2D eigenvalue weighted by Crippen LogP contribution is 2.45. The summed E-state index contributed by atoms with van der Waals surface area (Å²) in [5.74, 6) is 3.98. The van der Waals surface area contributed by atoms with Crippen LogP contribution < -0.4 is 5.32 Å². The van der Waals surface area contributed by atoms with Gasteiger partial charge in [-0.05, 0) is 55.3 Å².